The predicted octanol–water partition coefficient (Wildman–Crippen LogP) is 3.03. The number of aromatic carboxylic acids is 1. The summed E-state index contributed by atoms with van der Waals surface area (Å²) in [7, 11) is 0. The number of carboxylic acids is 1. The zero-order chi connectivity index (χ0) is 30.0. The maximum atomic E-state index is 15.8. The fraction of sp³-hybridized carbons (Fsp3) is 0.357. The number of pyridine rings is 1. The number of esters is 1. The van der Waals surface area contributed by atoms with Crippen LogP contribution in [0.25, 0.3) is 10.9 Å². The Bertz CT molecular complexity index is 1590. The van der Waals surface area contributed by atoms with E-state index in [-0.39, 0.29) is 79.0 Å². The summed E-state index contributed by atoms with van der Waals surface area (Å²) in [6.07, 6.45) is 1.06. The summed E-state index contributed by atoms with van der Waals surface area (Å²) in [5.74, 6) is -4.84. The number of hydrogen-bond acceptors (Lipinski definition) is 8. The van der Waals surface area contributed by atoms with Crippen molar-refractivity contribution in [3.63, 3.8) is 0 Å². The second kappa shape index (κ2) is 11.9. The number of benzene rings is 2. The third-order valence-corrected chi connectivity index (χ3v) is 7.01. The summed E-state index contributed by atoms with van der Waals surface area (Å²) in [6, 6.07) is 4.63. The smallest absolute Gasteiger partial charge is 0.341 e. The van der Waals surface area contributed by atoms with E-state index in [9.17, 15) is 29.4 Å². The van der Waals surface area contributed by atoms with Crippen molar-refractivity contribution in [3.05, 3.63) is 63.4 Å². The number of halogens is 2. The molecule has 0 aliphatic carbocycles. The Labute approximate surface area is 233 Å². The van der Waals surface area contributed by atoms with Gasteiger partial charge in [0.05, 0.1) is 24.1 Å². The number of nitrogens with one attached hydrogen (secondary N) is 1. The van der Waals surface area contributed by atoms with Crippen molar-refractivity contribution in [2.75, 3.05) is 43.0 Å². The molecular formula is C28H30F2N4O7. The molecule has 1 aliphatic heterocycles. The Hall–Kier alpha value is -4.52. The summed E-state index contributed by atoms with van der Waals surface area (Å²) >= 11 is 0. The minimum absolute atomic E-state index is 0.0268. The number of aryl methyl sites for hydroxylation is 1. The molecule has 0 saturated carbocycles. The number of phenols is 1. The van der Waals surface area contributed by atoms with Gasteiger partial charge < -0.3 is 29.7 Å². The molecule has 2 aromatic carbocycles. The molecule has 4 rings (SSSR count). The summed E-state index contributed by atoms with van der Waals surface area (Å²) in [4.78, 5) is 52.0. The summed E-state index contributed by atoms with van der Waals surface area (Å²) < 4.78 is 37.2. The topological polar surface area (TPSA) is 141 Å². The average Bonchev–Trinajstić information content (AvgIpc) is 2.90. The lowest BCUT2D eigenvalue weighted by molar-refractivity contribution is -0.117. The number of carbonyl (C=O) groups is 3. The van der Waals surface area contributed by atoms with Crippen LogP contribution in [0.4, 0.5) is 20.2 Å². The van der Waals surface area contributed by atoms with Crippen LogP contribution in [0, 0.1) is 11.6 Å². The van der Waals surface area contributed by atoms with Crippen molar-refractivity contribution in [1.82, 2.24) is 9.47 Å². The highest BCUT2D eigenvalue weighted by molar-refractivity contribution is 5.96. The number of hydrogen-bond donors (Lipinski definition) is 3. The Morgan fingerprint density at radius 1 is 1.12 bits per heavy atom. The molecule has 1 atom stereocenters. The predicted molar refractivity (Wildman–Crippen MR) is 147 cm³/mol. The van der Waals surface area contributed by atoms with E-state index in [0.29, 0.717) is 0 Å². The molecule has 1 saturated heterocycles. The Kier molecular flexibility index (Phi) is 8.57. The standard InChI is InChI=1S/C28H30F2N4O7/c1-4-32-13-19(27(38)39)26(37)18-11-20(29)25(23(30)24(18)32)34-9-8-33(15(3)12-34)14-22(36)31-16-6-7-17(21(35)10-16)28(40)41-5-2/h6-7,10-11,13,15,35H,4-5,8-9,12,14H2,1-3H3,(H,31,36)(H,38,39). The number of rotatable bonds is 8. The van der Waals surface area contributed by atoms with E-state index in [1.165, 1.54) is 27.7 Å². The molecule has 2 heterocycles. The number of phenolic OH excluding ortho intramolecular Hbond substituents is 1. The maximum absolute atomic E-state index is 15.8. The number of piperazine rings is 1. The highest BCUT2D eigenvalue weighted by Crippen LogP contribution is 2.32. The molecular weight excluding hydrogens is 542 g/mol. The van der Waals surface area contributed by atoms with Crippen molar-refractivity contribution in [2.24, 2.45) is 0 Å². The van der Waals surface area contributed by atoms with Crippen LogP contribution in [0.5, 0.6) is 5.75 Å². The number of carboxylic acid groups (broad SMARTS) is 1. The SMILES string of the molecule is CCOC(=O)c1ccc(NC(=O)CN2CCN(c3c(F)cc4c(=O)c(C(=O)O)cn(CC)c4c3F)CC2C)cc1O. The van der Waals surface area contributed by atoms with Crippen molar-refractivity contribution in [3.8, 4) is 5.75 Å². The van der Waals surface area contributed by atoms with Gasteiger partial charge in [-0.3, -0.25) is 14.5 Å². The minimum atomic E-state index is -1.48. The van der Waals surface area contributed by atoms with Gasteiger partial charge in [0, 0.05) is 50.2 Å². The van der Waals surface area contributed by atoms with Gasteiger partial charge in [0.2, 0.25) is 11.3 Å². The average molecular weight is 573 g/mol. The molecule has 1 amide bonds. The van der Waals surface area contributed by atoms with E-state index in [2.05, 4.69) is 5.32 Å². The molecule has 3 aromatic rings. The first-order valence-electron chi connectivity index (χ1n) is 13.0. The Balaban J connectivity index is 1.49. The monoisotopic (exact) mass is 572 g/mol. The molecule has 0 radical (unpaired) electrons. The molecule has 1 aromatic heterocycles. The van der Waals surface area contributed by atoms with Crippen LogP contribution in [-0.2, 0) is 16.1 Å². The third kappa shape index (κ3) is 5.85. The fourth-order valence-corrected chi connectivity index (χ4v) is 4.98. The van der Waals surface area contributed by atoms with Crippen LogP contribution in [0.1, 0.15) is 41.5 Å². The van der Waals surface area contributed by atoms with Crippen molar-refractivity contribution in [1.29, 1.82) is 0 Å². The molecule has 3 N–H and O–H groups in total. The van der Waals surface area contributed by atoms with Crippen molar-refractivity contribution >= 4 is 40.1 Å². The molecule has 218 valence electrons. The highest BCUT2D eigenvalue weighted by Gasteiger charge is 2.31. The zero-order valence-corrected chi connectivity index (χ0v) is 22.7. The lowest BCUT2D eigenvalue weighted by Crippen LogP contribution is -2.54. The minimum Gasteiger partial charge on any atom is -0.507 e. The van der Waals surface area contributed by atoms with E-state index >= 15 is 8.78 Å². The van der Waals surface area contributed by atoms with E-state index in [0.717, 1.165) is 12.3 Å². The Morgan fingerprint density at radius 3 is 2.46 bits per heavy atom. The third-order valence-electron chi connectivity index (χ3n) is 7.01. The second-order valence-electron chi connectivity index (χ2n) is 9.65. The molecule has 0 spiro atoms. The number of carbonyl (C=O) groups excluding carboxylic acids is 2. The van der Waals surface area contributed by atoms with Gasteiger partial charge in [-0.25, -0.2) is 18.4 Å². The van der Waals surface area contributed by atoms with Gasteiger partial charge in [-0.1, -0.05) is 0 Å². The van der Waals surface area contributed by atoms with Crippen LogP contribution in [0.3, 0.4) is 0 Å². The van der Waals surface area contributed by atoms with Crippen molar-refractivity contribution in [2.45, 2.75) is 33.4 Å². The number of ether oxygens (including phenoxy) is 1. The molecule has 11 nitrogen and oxygen atoms in total. The lowest BCUT2D eigenvalue weighted by atomic mass is 10.1. The lowest BCUT2D eigenvalue weighted by Gasteiger charge is -2.40. The number of anilines is 2. The number of amides is 1. The van der Waals surface area contributed by atoms with Crippen LogP contribution in [0.15, 0.2) is 35.3 Å². The van der Waals surface area contributed by atoms with Crippen LogP contribution in [0.2, 0.25) is 0 Å². The van der Waals surface area contributed by atoms with Gasteiger partial charge in [-0.15, -0.1) is 0 Å². The van der Waals surface area contributed by atoms with Crippen LogP contribution < -0.4 is 15.6 Å². The maximum Gasteiger partial charge on any atom is 0.341 e. The molecule has 1 fully saturated rings. The van der Waals surface area contributed by atoms with E-state index < -0.39 is 40.5 Å². The molecule has 41 heavy (non-hydrogen) atoms. The first-order valence-corrected chi connectivity index (χ1v) is 13.0. The Morgan fingerprint density at radius 2 is 1.85 bits per heavy atom. The number of nitrogens with zero attached hydrogens (tertiary/aromatic N) is 3. The first-order chi connectivity index (χ1) is 19.5. The summed E-state index contributed by atoms with van der Waals surface area (Å²) in [5.41, 5.74) is -1.78. The molecule has 0 bridgehead atoms. The zero-order valence-electron chi connectivity index (χ0n) is 22.7. The molecule has 13 heteroatoms. The van der Waals surface area contributed by atoms with Crippen molar-refractivity contribution < 1.29 is 38.1 Å². The number of fused-ring (bicyclic) bond motifs is 1. The van der Waals surface area contributed by atoms with Crippen LogP contribution >= 0.6 is 0 Å². The van der Waals surface area contributed by atoms with Gasteiger partial charge in [-0.05, 0) is 39.0 Å². The summed E-state index contributed by atoms with van der Waals surface area (Å²) in [6.45, 7) is 6.00. The second-order valence-corrected chi connectivity index (χ2v) is 9.65. The number of aromatic nitrogens is 1. The largest absolute Gasteiger partial charge is 0.507 e. The molecule has 1 unspecified atom stereocenters. The number of aromatic hydroxyl groups is 1. The van der Waals surface area contributed by atoms with E-state index in [1.807, 2.05) is 4.90 Å². The van der Waals surface area contributed by atoms with Gasteiger partial charge in [0.1, 0.15) is 28.4 Å². The first kappa shape index (κ1) is 29.5. The quantitative estimate of drug-likeness (QED) is 0.347. The summed E-state index contributed by atoms with van der Waals surface area (Å²) in [5, 5.41) is 21.8. The van der Waals surface area contributed by atoms with E-state index in [1.54, 1.807) is 20.8 Å². The normalized spacial score (nSPS) is 15.6. The fourth-order valence-electron chi connectivity index (χ4n) is 4.98. The van der Waals surface area contributed by atoms with Gasteiger partial charge >= 0.3 is 11.9 Å². The van der Waals surface area contributed by atoms with E-state index in [4.69, 9.17) is 4.74 Å². The van der Waals surface area contributed by atoms with Gasteiger partial charge in [-0.2, -0.15) is 0 Å². The van der Waals surface area contributed by atoms with Crippen LogP contribution in [-0.4, -0.2) is 76.4 Å². The highest BCUT2D eigenvalue weighted by atomic mass is 19.1. The molecule has 1 aliphatic rings. The van der Waals surface area contributed by atoms with Gasteiger partial charge in [0.25, 0.3) is 0 Å². The van der Waals surface area contributed by atoms with Gasteiger partial charge in [0.15, 0.2) is 5.82 Å².